The van der Waals surface area contributed by atoms with E-state index in [0.717, 1.165) is 0 Å². The zero-order valence-electron chi connectivity index (χ0n) is 31.9. The van der Waals surface area contributed by atoms with Crippen molar-refractivity contribution in [2.24, 2.45) is 5.73 Å². The Morgan fingerprint density at radius 2 is 0.577 bits per heavy atom. The number of nitrogens with zero attached hydrogens (tertiary/aromatic N) is 1. The topological polar surface area (TPSA) is 191 Å². The van der Waals surface area contributed by atoms with E-state index in [9.17, 15) is 14.4 Å². The number of carbonyl (C=O) groups excluding carboxylic acids is 3. The molecule has 0 aliphatic carbocycles. The number of ketones is 2. The van der Waals surface area contributed by atoms with E-state index in [1.54, 1.807) is 4.90 Å². The third-order valence-electron chi connectivity index (χ3n) is 6.63. The smallest absolute Gasteiger partial charge is 0.225 e. The van der Waals surface area contributed by atoms with E-state index in [0.29, 0.717) is 184 Å². The van der Waals surface area contributed by atoms with E-state index in [-0.39, 0.29) is 30.5 Å². The summed E-state index contributed by atoms with van der Waals surface area (Å²) in [4.78, 5) is 36.4. The standard InChI is InChI=1S/C35H68N2O15/c1-33(38)3-9-41-15-21-47-28-31-51-25-19-45-13-7-37(8-14-46-20-26-52-32-29-48-22-16-42-10-4-34(2)39)35(40)5-11-43-17-23-49-27-30-50-24-18-44-12-6-36/h3-32,36H2,1-2H3. The summed E-state index contributed by atoms with van der Waals surface area (Å²) in [6, 6.07) is 0. The zero-order chi connectivity index (χ0) is 38.0. The van der Waals surface area contributed by atoms with Crippen LogP contribution in [0.25, 0.3) is 0 Å². The summed E-state index contributed by atoms with van der Waals surface area (Å²) in [5.74, 6) is 0.146. The van der Waals surface area contributed by atoms with Gasteiger partial charge in [-0.2, -0.15) is 0 Å². The van der Waals surface area contributed by atoms with E-state index in [1.807, 2.05) is 0 Å². The number of hydrogen-bond donors (Lipinski definition) is 1. The van der Waals surface area contributed by atoms with Gasteiger partial charge in [-0.05, 0) is 13.8 Å². The molecule has 0 saturated carbocycles. The molecule has 0 spiro atoms. The Labute approximate surface area is 310 Å². The Morgan fingerprint density at radius 1 is 0.346 bits per heavy atom. The highest BCUT2D eigenvalue weighted by Gasteiger charge is 2.13. The van der Waals surface area contributed by atoms with Crippen molar-refractivity contribution in [3.63, 3.8) is 0 Å². The van der Waals surface area contributed by atoms with Crippen LogP contribution in [0.5, 0.6) is 0 Å². The van der Waals surface area contributed by atoms with Gasteiger partial charge in [0.15, 0.2) is 0 Å². The first-order chi connectivity index (χ1) is 25.5. The second-order valence-corrected chi connectivity index (χ2v) is 11.2. The van der Waals surface area contributed by atoms with E-state index < -0.39 is 0 Å². The maximum absolute atomic E-state index is 12.9. The van der Waals surface area contributed by atoms with Crippen LogP contribution in [0.15, 0.2) is 0 Å². The van der Waals surface area contributed by atoms with Crippen LogP contribution in [-0.4, -0.2) is 201 Å². The summed E-state index contributed by atoms with van der Waals surface area (Å²) in [6.07, 6.45) is 1.05. The SMILES string of the molecule is CC(=O)CCOCCOCCOCCOCCN(CCOCCOCCOCCOCCC(C)=O)C(=O)CCOCCOCCOCCOCCN. The monoisotopic (exact) mass is 756 g/mol. The van der Waals surface area contributed by atoms with Gasteiger partial charge in [0.2, 0.25) is 5.91 Å². The fraction of sp³-hybridized carbons (Fsp3) is 0.914. The molecule has 0 rings (SSSR count). The molecule has 0 saturated heterocycles. The minimum atomic E-state index is -0.0595. The second-order valence-electron chi connectivity index (χ2n) is 11.2. The molecule has 0 heterocycles. The van der Waals surface area contributed by atoms with Crippen molar-refractivity contribution in [1.82, 2.24) is 4.90 Å². The lowest BCUT2D eigenvalue weighted by Crippen LogP contribution is -2.37. The first kappa shape index (κ1) is 50.3. The molecule has 0 aromatic rings. The first-order valence-corrected chi connectivity index (χ1v) is 18.4. The summed E-state index contributed by atoms with van der Waals surface area (Å²) in [5.41, 5.74) is 5.36. The molecule has 0 unspecified atom stereocenters. The highest BCUT2D eigenvalue weighted by molar-refractivity contribution is 5.76. The maximum atomic E-state index is 12.9. The third-order valence-corrected chi connectivity index (χ3v) is 6.63. The Hall–Kier alpha value is -1.71. The molecule has 52 heavy (non-hydrogen) atoms. The maximum Gasteiger partial charge on any atom is 0.225 e. The van der Waals surface area contributed by atoms with Crippen LogP contribution in [0.1, 0.15) is 33.1 Å². The van der Waals surface area contributed by atoms with Crippen molar-refractivity contribution in [3.8, 4) is 0 Å². The highest BCUT2D eigenvalue weighted by Crippen LogP contribution is 1.98. The van der Waals surface area contributed by atoms with Gasteiger partial charge in [0.1, 0.15) is 11.6 Å². The predicted molar refractivity (Wildman–Crippen MR) is 191 cm³/mol. The summed E-state index contributed by atoms with van der Waals surface area (Å²) < 4.78 is 65.6. The van der Waals surface area contributed by atoms with E-state index in [4.69, 9.17) is 62.6 Å². The molecule has 0 aromatic heterocycles. The van der Waals surface area contributed by atoms with Gasteiger partial charge < -0.3 is 67.5 Å². The third kappa shape index (κ3) is 41.1. The Kier molecular flexibility index (Phi) is 40.7. The van der Waals surface area contributed by atoms with Crippen LogP contribution in [0.4, 0.5) is 0 Å². The Bertz CT molecular complexity index is 755. The summed E-state index contributed by atoms with van der Waals surface area (Å²) >= 11 is 0. The number of hydrogen-bond acceptors (Lipinski definition) is 16. The molecule has 0 bridgehead atoms. The molecular weight excluding hydrogens is 688 g/mol. The lowest BCUT2D eigenvalue weighted by atomic mass is 10.3. The minimum absolute atomic E-state index is 0.0595. The lowest BCUT2D eigenvalue weighted by Gasteiger charge is -2.23. The number of rotatable bonds is 44. The van der Waals surface area contributed by atoms with Crippen molar-refractivity contribution in [1.29, 1.82) is 0 Å². The second kappa shape index (κ2) is 42.0. The summed E-state index contributed by atoms with van der Waals surface area (Å²) in [5, 5.41) is 0. The molecule has 0 aliphatic heterocycles. The van der Waals surface area contributed by atoms with Crippen LogP contribution in [0.2, 0.25) is 0 Å². The fourth-order valence-electron chi connectivity index (χ4n) is 3.83. The summed E-state index contributed by atoms with van der Waals surface area (Å²) in [6.45, 7) is 14.4. The average Bonchev–Trinajstić information content (AvgIpc) is 3.12. The molecule has 308 valence electrons. The number of carbonyl (C=O) groups is 3. The van der Waals surface area contributed by atoms with Crippen LogP contribution in [0, 0.1) is 0 Å². The predicted octanol–water partition coefficient (Wildman–Crippen LogP) is 0.321. The molecule has 0 aliphatic rings. The van der Waals surface area contributed by atoms with Crippen molar-refractivity contribution >= 4 is 17.5 Å². The van der Waals surface area contributed by atoms with Gasteiger partial charge >= 0.3 is 0 Å². The molecule has 17 nitrogen and oxygen atoms in total. The van der Waals surface area contributed by atoms with Gasteiger partial charge in [0, 0.05) is 32.5 Å². The van der Waals surface area contributed by atoms with Crippen molar-refractivity contribution in [3.05, 3.63) is 0 Å². The number of ether oxygens (including phenoxy) is 12. The number of nitrogens with two attached hydrogens (primary N) is 1. The van der Waals surface area contributed by atoms with Crippen LogP contribution < -0.4 is 5.73 Å². The van der Waals surface area contributed by atoms with Crippen LogP contribution in [0.3, 0.4) is 0 Å². The minimum Gasteiger partial charge on any atom is -0.379 e. The fourth-order valence-corrected chi connectivity index (χ4v) is 3.83. The first-order valence-electron chi connectivity index (χ1n) is 18.4. The van der Waals surface area contributed by atoms with Crippen LogP contribution >= 0.6 is 0 Å². The van der Waals surface area contributed by atoms with Gasteiger partial charge in [-0.25, -0.2) is 0 Å². The van der Waals surface area contributed by atoms with Crippen molar-refractivity contribution in [2.45, 2.75) is 33.1 Å². The molecule has 0 aromatic carbocycles. The molecule has 0 fully saturated rings. The quantitative estimate of drug-likeness (QED) is 0.0836. The van der Waals surface area contributed by atoms with E-state index in [2.05, 4.69) is 0 Å². The normalized spacial score (nSPS) is 11.4. The molecule has 0 atom stereocenters. The Morgan fingerprint density at radius 3 is 0.846 bits per heavy atom. The van der Waals surface area contributed by atoms with Gasteiger partial charge in [-0.15, -0.1) is 0 Å². The molecule has 2 N–H and O–H groups in total. The average molecular weight is 757 g/mol. The molecule has 1 amide bonds. The van der Waals surface area contributed by atoms with Gasteiger partial charge in [0.25, 0.3) is 0 Å². The van der Waals surface area contributed by atoms with Crippen molar-refractivity contribution in [2.75, 3.05) is 178 Å². The van der Waals surface area contributed by atoms with E-state index in [1.165, 1.54) is 13.8 Å². The van der Waals surface area contributed by atoms with Gasteiger partial charge in [-0.3, -0.25) is 14.4 Å². The Balaban J connectivity index is 4.10. The van der Waals surface area contributed by atoms with Gasteiger partial charge in [0.05, 0.1) is 165 Å². The van der Waals surface area contributed by atoms with E-state index >= 15 is 0 Å². The number of amides is 1. The largest absolute Gasteiger partial charge is 0.379 e. The number of Topliss-reactive ketones (excluding diaryl/α,β-unsaturated/α-hetero) is 2. The zero-order valence-corrected chi connectivity index (χ0v) is 31.9. The van der Waals surface area contributed by atoms with Gasteiger partial charge in [-0.1, -0.05) is 0 Å². The molecular formula is C35H68N2O15. The van der Waals surface area contributed by atoms with Crippen LogP contribution in [-0.2, 0) is 71.2 Å². The molecule has 0 radical (unpaired) electrons. The summed E-state index contributed by atoms with van der Waals surface area (Å²) in [7, 11) is 0. The van der Waals surface area contributed by atoms with Crippen molar-refractivity contribution < 1.29 is 71.2 Å². The highest BCUT2D eigenvalue weighted by atomic mass is 16.6. The lowest BCUT2D eigenvalue weighted by molar-refractivity contribution is -0.134. The molecule has 17 heteroatoms.